The van der Waals surface area contributed by atoms with Crippen LogP contribution in [0.4, 0.5) is 13.2 Å². The van der Waals surface area contributed by atoms with E-state index in [-0.39, 0.29) is 0 Å². The van der Waals surface area contributed by atoms with Crippen LogP contribution in [0, 0.1) is 0 Å². The second-order valence-corrected chi connectivity index (χ2v) is 4.72. The molecular formula is C6H12F3O3P. The van der Waals surface area contributed by atoms with Crippen LogP contribution >= 0.6 is 7.60 Å². The fourth-order valence-electron chi connectivity index (χ4n) is 1.23. The zero-order chi connectivity index (χ0) is 10.9. The van der Waals surface area contributed by atoms with E-state index in [1.54, 1.807) is 0 Å². The van der Waals surface area contributed by atoms with Crippen LogP contribution in [0.15, 0.2) is 0 Å². The molecule has 0 aromatic heterocycles. The van der Waals surface area contributed by atoms with Gasteiger partial charge in [0.2, 0.25) is 0 Å². The molecule has 0 saturated heterocycles. The molecule has 0 radical (unpaired) electrons. The minimum atomic E-state index is -5.15. The lowest BCUT2D eigenvalue weighted by Crippen LogP contribution is -2.43. The Hall–Kier alpha value is -0.0600. The van der Waals surface area contributed by atoms with Crippen LogP contribution in [-0.4, -0.2) is 21.1 Å². The molecule has 3 nitrogen and oxygen atoms in total. The Labute approximate surface area is 74.1 Å². The minimum Gasteiger partial charge on any atom is -0.324 e. The first-order valence-corrected chi connectivity index (χ1v) is 5.36. The van der Waals surface area contributed by atoms with E-state index in [4.69, 9.17) is 9.79 Å². The predicted molar refractivity (Wildman–Crippen MR) is 41.4 cm³/mol. The molecule has 0 aromatic rings. The van der Waals surface area contributed by atoms with Gasteiger partial charge in [-0.25, -0.2) is 0 Å². The molecule has 0 aromatic carbocycles. The first kappa shape index (κ1) is 12.9. The standard InChI is InChI=1S/C6H12F3O3P/c1-3-5(4-2,6(7,8)9)13(10,11)12/h3-4H2,1-2H3,(H2,10,11,12). The van der Waals surface area contributed by atoms with Crippen molar-refractivity contribution in [3.05, 3.63) is 0 Å². The quantitative estimate of drug-likeness (QED) is 0.717. The third-order valence-corrected chi connectivity index (χ3v) is 4.26. The summed E-state index contributed by atoms with van der Waals surface area (Å²) in [6, 6.07) is 0. The van der Waals surface area contributed by atoms with Gasteiger partial charge in [0.15, 0.2) is 5.16 Å². The summed E-state index contributed by atoms with van der Waals surface area (Å²) < 4.78 is 47.9. The average molecular weight is 220 g/mol. The molecule has 0 saturated carbocycles. The summed E-state index contributed by atoms with van der Waals surface area (Å²) in [5, 5.41) is -2.88. The van der Waals surface area contributed by atoms with Crippen LogP contribution in [0.5, 0.6) is 0 Å². The first-order valence-electron chi connectivity index (χ1n) is 3.74. The maximum atomic E-state index is 12.4. The van der Waals surface area contributed by atoms with Gasteiger partial charge in [-0.1, -0.05) is 13.8 Å². The fourth-order valence-corrected chi connectivity index (χ4v) is 2.38. The van der Waals surface area contributed by atoms with Gasteiger partial charge in [0.1, 0.15) is 0 Å². The largest absolute Gasteiger partial charge is 0.405 e. The molecule has 0 aliphatic heterocycles. The summed E-state index contributed by atoms with van der Waals surface area (Å²) in [7, 11) is -5.15. The molecular weight excluding hydrogens is 208 g/mol. The Balaban J connectivity index is 5.31. The zero-order valence-corrected chi connectivity index (χ0v) is 8.19. The van der Waals surface area contributed by atoms with Gasteiger partial charge in [-0.05, 0) is 12.8 Å². The van der Waals surface area contributed by atoms with Crippen molar-refractivity contribution in [1.82, 2.24) is 0 Å². The molecule has 0 aliphatic rings. The van der Waals surface area contributed by atoms with Crippen LogP contribution in [0.1, 0.15) is 26.7 Å². The van der Waals surface area contributed by atoms with Gasteiger partial charge < -0.3 is 9.79 Å². The Bertz CT molecular complexity index is 216. The molecule has 0 bridgehead atoms. The molecule has 2 N–H and O–H groups in total. The van der Waals surface area contributed by atoms with Crippen molar-refractivity contribution < 1.29 is 27.5 Å². The van der Waals surface area contributed by atoms with Crippen molar-refractivity contribution in [3.8, 4) is 0 Å². The van der Waals surface area contributed by atoms with E-state index in [0.717, 1.165) is 13.8 Å². The second kappa shape index (κ2) is 3.59. The monoisotopic (exact) mass is 220 g/mol. The fraction of sp³-hybridized carbons (Fsp3) is 1.00. The van der Waals surface area contributed by atoms with Crippen molar-refractivity contribution in [2.24, 2.45) is 0 Å². The van der Waals surface area contributed by atoms with E-state index in [0.29, 0.717) is 0 Å². The van der Waals surface area contributed by atoms with Gasteiger partial charge in [-0.2, -0.15) is 13.2 Å². The van der Waals surface area contributed by atoms with Gasteiger partial charge >= 0.3 is 13.8 Å². The Morgan fingerprint density at radius 2 is 1.46 bits per heavy atom. The maximum Gasteiger partial charge on any atom is 0.405 e. The smallest absolute Gasteiger partial charge is 0.324 e. The number of alkyl halides is 3. The van der Waals surface area contributed by atoms with E-state index in [1.807, 2.05) is 0 Å². The summed E-state index contributed by atoms with van der Waals surface area (Å²) >= 11 is 0. The Kier molecular flexibility index (Phi) is 3.58. The first-order chi connectivity index (χ1) is 5.62. The maximum absolute atomic E-state index is 12.4. The van der Waals surface area contributed by atoms with Gasteiger partial charge in [0, 0.05) is 0 Å². The molecule has 0 amide bonds. The Morgan fingerprint density at radius 1 is 1.15 bits per heavy atom. The third kappa shape index (κ3) is 2.06. The summed E-state index contributed by atoms with van der Waals surface area (Å²) in [6.45, 7) is 2.24. The van der Waals surface area contributed by atoms with Gasteiger partial charge in [0.25, 0.3) is 0 Å². The normalized spacial score (nSPS) is 14.7. The van der Waals surface area contributed by atoms with Crippen molar-refractivity contribution >= 4 is 7.60 Å². The van der Waals surface area contributed by atoms with Crippen molar-refractivity contribution in [2.75, 3.05) is 0 Å². The number of halogens is 3. The van der Waals surface area contributed by atoms with E-state index in [1.165, 1.54) is 0 Å². The molecule has 0 rings (SSSR count). The van der Waals surface area contributed by atoms with Crippen LogP contribution in [0.2, 0.25) is 0 Å². The molecule has 80 valence electrons. The number of hydrogen-bond donors (Lipinski definition) is 2. The molecule has 0 fully saturated rings. The van der Waals surface area contributed by atoms with Crippen molar-refractivity contribution in [1.29, 1.82) is 0 Å². The molecule has 0 atom stereocenters. The van der Waals surface area contributed by atoms with Gasteiger partial charge in [0.05, 0.1) is 0 Å². The lowest BCUT2D eigenvalue weighted by atomic mass is 10.0. The lowest BCUT2D eigenvalue weighted by molar-refractivity contribution is -0.168. The molecule has 0 aliphatic carbocycles. The third-order valence-electron chi connectivity index (χ3n) is 2.26. The summed E-state index contributed by atoms with van der Waals surface area (Å²) in [6.07, 6.45) is -6.09. The van der Waals surface area contributed by atoms with E-state index < -0.39 is 31.8 Å². The number of rotatable bonds is 3. The highest BCUT2D eigenvalue weighted by atomic mass is 31.2. The summed E-state index contributed by atoms with van der Waals surface area (Å²) in [5.74, 6) is 0. The van der Waals surface area contributed by atoms with Crippen molar-refractivity contribution in [3.63, 3.8) is 0 Å². The minimum absolute atomic E-state index is 0.614. The van der Waals surface area contributed by atoms with E-state index >= 15 is 0 Å². The van der Waals surface area contributed by atoms with Gasteiger partial charge in [-0.3, -0.25) is 4.57 Å². The SMILES string of the molecule is CCC(CC)(C(F)(F)F)P(=O)(O)O. The molecule has 7 heteroatoms. The van der Waals surface area contributed by atoms with Gasteiger partial charge in [-0.15, -0.1) is 0 Å². The highest BCUT2D eigenvalue weighted by molar-refractivity contribution is 7.53. The van der Waals surface area contributed by atoms with Crippen LogP contribution < -0.4 is 0 Å². The second-order valence-electron chi connectivity index (χ2n) is 2.78. The summed E-state index contributed by atoms with van der Waals surface area (Å²) in [4.78, 5) is 17.3. The Morgan fingerprint density at radius 3 is 1.46 bits per heavy atom. The predicted octanol–water partition coefficient (Wildman–Crippen LogP) is 2.29. The molecule has 0 spiro atoms. The topological polar surface area (TPSA) is 57.5 Å². The molecule has 13 heavy (non-hydrogen) atoms. The average Bonchev–Trinajstić information content (AvgIpc) is 1.84. The number of hydrogen-bond acceptors (Lipinski definition) is 1. The molecule has 0 unspecified atom stereocenters. The van der Waals surface area contributed by atoms with E-state index in [2.05, 4.69) is 0 Å². The molecule has 0 heterocycles. The highest BCUT2D eigenvalue weighted by Gasteiger charge is 2.63. The highest BCUT2D eigenvalue weighted by Crippen LogP contribution is 2.61. The zero-order valence-electron chi connectivity index (χ0n) is 7.30. The lowest BCUT2D eigenvalue weighted by Gasteiger charge is -2.33. The van der Waals surface area contributed by atoms with Crippen LogP contribution in [0.3, 0.4) is 0 Å². The van der Waals surface area contributed by atoms with Crippen molar-refractivity contribution in [2.45, 2.75) is 38.0 Å². The van der Waals surface area contributed by atoms with Crippen LogP contribution in [0.25, 0.3) is 0 Å². The summed E-state index contributed by atoms with van der Waals surface area (Å²) in [5.41, 5.74) is 0. The van der Waals surface area contributed by atoms with E-state index in [9.17, 15) is 17.7 Å². The van der Waals surface area contributed by atoms with Crippen LogP contribution in [-0.2, 0) is 4.57 Å².